The van der Waals surface area contributed by atoms with E-state index >= 15 is 0 Å². The van der Waals surface area contributed by atoms with Crippen molar-refractivity contribution in [2.45, 2.75) is 135 Å². The number of benzene rings is 1. The lowest BCUT2D eigenvalue weighted by atomic mass is 9.75. The molecule has 56 heavy (non-hydrogen) atoms. The van der Waals surface area contributed by atoms with E-state index in [4.69, 9.17) is 4.74 Å². The SMILES string of the molecule is Cc1c(C(=O)NS(=O)(=O)N2CCCCC2)[nH]c2ccc(NC(=O)[C@@H]3[C@H](C4CCCCC4)CCN3C(=O)[C@H]3CC[C@H]([C@@H](CCF)NC(=O)OC(C)(C)C)CC3)cc12. The number of H-pyrrole nitrogens is 1. The van der Waals surface area contributed by atoms with Gasteiger partial charge in [-0.3, -0.25) is 18.8 Å². The Kier molecular flexibility index (Phi) is 13.3. The standard InChI is InChI=1S/C41H61FN6O7S/c1-26-32-25-30(17-18-34(32)44-35(26)37(49)46-56(53,54)47-22-9-6-10-23-47)43-38(50)36-31(27-11-7-5-8-12-27)20-24-48(36)39(51)29-15-13-28(14-16-29)33(19-21-42)45-40(52)55-41(2,3)4/h17-18,25,27-29,31,33,36,44H,5-16,19-24H2,1-4H3,(H,43,50)(H,45,52)(H,46,49)/t28-,29-,31-,33+,36-/m0/s1. The number of likely N-dealkylation sites (tertiary alicyclic amines) is 1. The Balaban J connectivity index is 1.15. The summed E-state index contributed by atoms with van der Waals surface area (Å²) in [5, 5.41) is 6.67. The highest BCUT2D eigenvalue weighted by atomic mass is 32.2. The zero-order valence-electron chi connectivity index (χ0n) is 33.5. The Hall–Kier alpha value is -3.72. The third-order valence-corrected chi connectivity index (χ3v) is 14.0. The number of aromatic nitrogens is 1. The number of anilines is 1. The van der Waals surface area contributed by atoms with E-state index in [9.17, 15) is 32.0 Å². The van der Waals surface area contributed by atoms with Gasteiger partial charge in [0.2, 0.25) is 11.8 Å². The molecule has 4 aliphatic rings. The molecule has 4 amide bonds. The van der Waals surface area contributed by atoms with Crippen LogP contribution in [0.2, 0.25) is 0 Å². The Bertz CT molecular complexity index is 1840. The number of carbonyl (C=O) groups excluding carboxylic acids is 4. The fourth-order valence-corrected chi connectivity index (χ4v) is 10.9. The average molecular weight is 801 g/mol. The minimum absolute atomic E-state index is 0.0175. The van der Waals surface area contributed by atoms with Crippen molar-refractivity contribution in [1.82, 2.24) is 24.2 Å². The summed E-state index contributed by atoms with van der Waals surface area (Å²) in [5.74, 6) is -0.841. The highest BCUT2D eigenvalue weighted by molar-refractivity contribution is 7.87. The molecule has 0 unspecified atom stereocenters. The van der Waals surface area contributed by atoms with Gasteiger partial charge in [-0.25, -0.2) is 9.52 Å². The molecule has 1 aromatic heterocycles. The maximum absolute atomic E-state index is 14.4. The van der Waals surface area contributed by atoms with E-state index in [-0.39, 0.29) is 47.7 Å². The number of nitrogens with one attached hydrogen (secondary N) is 4. The second-order valence-electron chi connectivity index (χ2n) is 17.4. The van der Waals surface area contributed by atoms with Crippen molar-refractivity contribution in [2.24, 2.45) is 23.7 Å². The van der Waals surface area contributed by atoms with Gasteiger partial charge in [-0.2, -0.15) is 12.7 Å². The number of nitrogens with zero attached hydrogens (tertiary/aromatic N) is 2. The number of hydrogen-bond acceptors (Lipinski definition) is 7. The zero-order chi connectivity index (χ0) is 40.2. The molecule has 2 saturated carbocycles. The number of amides is 4. The first kappa shape index (κ1) is 41.9. The topological polar surface area (TPSA) is 170 Å². The van der Waals surface area contributed by atoms with Gasteiger partial charge in [0, 0.05) is 48.2 Å². The first-order chi connectivity index (χ1) is 26.6. The molecule has 2 aliphatic heterocycles. The van der Waals surface area contributed by atoms with E-state index in [1.807, 2.05) is 4.90 Å². The Morgan fingerprint density at radius 1 is 0.929 bits per heavy atom. The van der Waals surface area contributed by atoms with E-state index in [1.165, 1.54) is 10.7 Å². The minimum atomic E-state index is -3.98. The molecule has 6 rings (SSSR count). The number of halogens is 1. The van der Waals surface area contributed by atoms with Crippen molar-refractivity contribution >= 4 is 50.6 Å². The van der Waals surface area contributed by atoms with E-state index in [2.05, 4.69) is 20.3 Å². The van der Waals surface area contributed by atoms with Gasteiger partial charge >= 0.3 is 16.3 Å². The molecule has 4 N–H and O–H groups in total. The Morgan fingerprint density at radius 2 is 1.61 bits per heavy atom. The van der Waals surface area contributed by atoms with Gasteiger partial charge < -0.3 is 25.3 Å². The molecule has 3 heterocycles. The molecular weight excluding hydrogens is 740 g/mol. The number of alkyl halides is 1. The Morgan fingerprint density at radius 3 is 2.27 bits per heavy atom. The van der Waals surface area contributed by atoms with Crippen molar-refractivity contribution in [2.75, 3.05) is 31.6 Å². The summed E-state index contributed by atoms with van der Waals surface area (Å²) in [6.45, 7) is 7.79. The van der Waals surface area contributed by atoms with Gasteiger partial charge in [-0.15, -0.1) is 0 Å². The minimum Gasteiger partial charge on any atom is -0.444 e. The predicted octanol–water partition coefficient (Wildman–Crippen LogP) is 6.73. The molecule has 15 heteroatoms. The van der Waals surface area contributed by atoms with E-state index < -0.39 is 40.5 Å². The van der Waals surface area contributed by atoms with Crippen LogP contribution in [-0.2, 0) is 24.5 Å². The molecule has 13 nitrogen and oxygen atoms in total. The van der Waals surface area contributed by atoms with Crippen LogP contribution in [0.1, 0.15) is 127 Å². The quantitative estimate of drug-likeness (QED) is 0.195. The zero-order valence-corrected chi connectivity index (χ0v) is 34.3. The smallest absolute Gasteiger partial charge is 0.407 e. The summed E-state index contributed by atoms with van der Waals surface area (Å²) < 4.78 is 48.4. The Labute approximate surface area is 330 Å². The van der Waals surface area contributed by atoms with E-state index in [0.29, 0.717) is 73.4 Å². The number of rotatable bonds is 11. The largest absolute Gasteiger partial charge is 0.444 e. The number of alkyl carbamates (subject to hydrolysis) is 1. The lowest BCUT2D eigenvalue weighted by Gasteiger charge is -2.37. The first-order valence-corrected chi connectivity index (χ1v) is 22.2. The lowest BCUT2D eigenvalue weighted by Crippen LogP contribution is -2.50. The van der Waals surface area contributed by atoms with Crippen molar-refractivity contribution in [3.05, 3.63) is 29.5 Å². The van der Waals surface area contributed by atoms with Crippen molar-refractivity contribution < 1.29 is 36.7 Å². The van der Waals surface area contributed by atoms with Gasteiger partial charge in [-0.1, -0.05) is 38.5 Å². The summed E-state index contributed by atoms with van der Waals surface area (Å²) >= 11 is 0. The number of fused-ring (bicyclic) bond motifs is 1. The van der Waals surface area contributed by atoms with Crippen LogP contribution in [0.3, 0.4) is 0 Å². The van der Waals surface area contributed by atoms with Crippen molar-refractivity contribution in [3.8, 4) is 0 Å². The molecule has 4 fully saturated rings. The maximum atomic E-state index is 14.4. The van der Waals surface area contributed by atoms with Crippen LogP contribution in [-0.4, -0.2) is 90.4 Å². The van der Waals surface area contributed by atoms with Gasteiger partial charge in [0.25, 0.3) is 5.91 Å². The summed E-state index contributed by atoms with van der Waals surface area (Å²) in [6.07, 6.45) is 10.8. The highest BCUT2D eigenvalue weighted by Crippen LogP contribution is 2.42. The van der Waals surface area contributed by atoms with Crippen molar-refractivity contribution in [1.29, 1.82) is 0 Å². The van der Waals surface area contributed by atoms with Gasteiger partial charge in [-0.05, 0) is 121 Å². The normalized spacial score (nSPS) is 24.8. The molecule has 0 spiro atoms. The van der Waals surface area contributed by atoms with Gasteiger partial charge in [0.05, 0.1) is 6.67 Å². The number of ether oxygens (including phenoxy) is 1. The molecule has 2 aromatic rings. The summed E-state index contributed by atoms with van der Waals surface area (Å²) in [6, 6.07) is 4.29. The first-order valence-electron chi connectivity index (χ1n) is 20.8. The average Bonchev–Trinajstić information content (AvgIpc) is 3.76. The molecule has 1 aromatic carbocycles. The van der Waals surface area contributed by atoms with Gasteiger partial charge in [0.1, 0.15) is 17.3 Å². The van der Waals surface area contributed by atoms with Crippen LogP contribution < -0.4 is 15.4 Å². The van der Waals surface area contributed by atoms with Crippen molar-refractivity contribution in [3.63, 3.8) is 0 Å². The lowest BCUT2D eigenvalue weighted by molar-refractivity contribution is -0.142. The van der Waals surface area contributed by atoms with Crippen LogP contribution >= 0.6 is 0 Å². The molecular formula is C41H61FN6O7S. The predicted molar refractivity (Wildman–Crippen MR) is 213 cm³/mol. The number of aryl methyl sites for hydroxylation is 1. The van der Waals surface area contributed by atoms with Crippen LogP contribution in [0, 0.1) is 30.6 Å². The molecule has 3 atom stereocenters. The molecule has 2 saturated heterocycles. The summed E-state index contributed by atoms with van der Waals surface area (Å²) in [7, 11) is -3.98. The second-order valence-corrected chi connectivity index (χ2v) is 19.1. The molecule has 310 valence electrons. The number of carbonyl (C=O) groups is 4. The summed E-state index contributed by atoms with van der Waals surface area (Å²) in [4.78, 5) is 59.3. The fourth-order valence-electron chi connectivity index (χ4n) is 9.65. The van der Waals surface area contributed by atoms with Crippen LogP contribution in [0.25, 0.3) is 10.9 Å². The molecule has 0 radical (unpaired) electrons. The van der Waals surface area contributed by atoms with Crippen LogP contribution in [0.4, 0.5) is 14.9 Å². The van der Waals surface area contributed by atoms with E-state index in [1.54, 1.807) is 45.9 Å². The number of piperidine rings is 1. The summed E-state index contributed by atoms with van der Waals surface area (Å²) in [5.41, 5.74) is 1.18. The number of aromatic amines is 1. The van der Waals surface area contributed by atoms with Gasteiger partial charge in [0.15, 0.2) is 0 Å². The second kappa shape index (κ2) is 17.8. The van der Waals surface area contributed by atoms with Crippen LogP contribution in [0.5, 0.6) is 0 Å². The third kappa shape index (κ3) is 9.86. The monoisotopic (exact) mass is 800 g/mol. The third-order valence-electron chi connectivity index (χ3n) is 12.5. The highest BCUT2D eigenvalue weighted by Gasteiger charge is 2.47. The number of hydrogen-bond donors (Lipinski definition) is 4. The molecule has 2 aliphatic carbocycles. The fraction of sp³-hybridized carbons (Fsp3) is 0.707. The maximum Gasteiger partial charge on any atom is 0.407 e. The van der Waals surface area contributed by atoms with E-state index in [0.717, 1.165) is 51.4 Å². The van der Waals surface area contributed by atoms with Crippen LogP contribution in [0.15, 0.2) is 18.2 Å². The molecule has 0 bridgehead atoms.